The molecule has 4 aromatic carbocycles. The number of nitrogens with one attached hydrogen (secondary N) is 2. The Kier molecular flexibility index (Phi) is 5.80. The highest BCUT2D eigenvalue weighted by atomic mass is 35.5. The van der Waals surface area contributed by atoms with Gasteiger partial charge in [0.05, 0.1) is 12.0 Å². The predicted molar refractivity (Wildman–Crippen MR) is 157 cm³/mol. The summed E-state index contributed by atoms with van der Waals surface area (Å²) >= 11 is 6.07. The zero-order valence-electron chi connectivity index (χ0n) is 21.6. The molecule has 2 amide bonds. The number of hydrogen-bond acceptors (Lipinski definition) is 4. The molecular weight excluding hydrogens is 541 g/mol. The third-order valence-corrected chi connectivity index (χ3v) is 8.59. The average molecular weight is 564 g/mol. The molecule has 0 bridgehead atoms. The molecule has 41 heavy (non-hydrogen) atoms. The summed E-state index contributed by atoms with van der Waals surface area (Å²) < 4.78 is 13.9. The van der Waals surface area contributed by atoms with Gasteiger partial charge in [0.25, 0.3) is 0 Å². The van der Waals surface area contributed by atoms with Crippen molar-refractivity contribution in [1.82, 2.24) is 0 Å². The van der Waals surface area contributed by atoms with Crippen LogP contribution in [0.5, 0.6) is 0 Å². The van der Waals surface area contributed by atoms with E-state index in [0.29, 0.717) is 22.0 Å². The minimum atomic E-state index is -1.44. The van der Waals surface area contributed by atoms with Gasteiger partial charge in [0, 0.05) is 27.6 Å². The molecule has 2 N–H and O–H groups in total. The predicted octanol–water partition coefficient (Wildman–Crippen LogP) is 6.09. The molecule has 1 saturated heterocycles. The molecule has 202 valence electrons. The van der Waals surface area contributed by atoms with Crippen molar-refractivity contribution in [1.29, 1.82) is 0 Å². The molecule has 3 aliphatic rings. The van der Waals surface area contributed by atoms with Crippen molar-refractivity contribution in [2.24, 2.45) is 5.92 Å². The Morgan fingerprint density at radius 2 is 1.61 bits per heavy atom. The van der Waals surface area contributed by atoms with Crippen molar-refractivity contribution in [3.05, 3.63) is 131 Å². The third kappa shape index (κ3) is 3.73. The van der Waals surface area contributed by atoms with Crippen LogP contribution in [-0.4, -0.2) is 29.7 Å². The number of carbonyl (C=O) groups is 3. The van der Waals surface area contributed by atoms with Crippen molar-refractivity contribution in [2.45, 2.75) is 17.5 Å². The third-order valence-electron chi connectivity index (χ3n) is 8.33. The van der Waals surface area contributed by atoms with Crippen molar-refractivity contribution < 1.29 is 18.8 Å². The van der Waals surface area contributed by atoms with Crippen LogP contribution < -0.4 is 15.5 Å². The summed E-state index contributed by atoms with van der Waals surface area (Å²) in [6, 6.07) is 25.0. The summed E-state index contributed by atoms with van der Waals surface area (Å²) in [6.45, 7) is 0. The first kappa shape index (κ1) is 25.2. The number of amides is 2. The second-order valence-electron chi connectivity index (χ2n) is 10.4. The van der Waals surface area contributed by atoms with Gasteiger partial charge in [0.1, 0.15) is 17.3 Å². The van der Waals surface area contributed by atoms with Gasteiger partial charge in [-0.3, -0.25) is 14.4 Å². The van der Waals surface area contributed by atoms with Crippen LogP contribution in [0, 0.1) is 11.7 Å². The average Bonchev–Trinajstić information content (AvgIpc) is 3.47. The number of para-hydroxylation sites is 2. The Labute approximate surface area is 240 Å². The van der Waals surface area contributed by atoms with Crippen molar-refractivity contribution >= 4 is 52.3 Å². The highest BCUT2D eigenvalue weighted by molar-refractivity contribution is 6.30. The molecule has 0 unspecified atom stereocenters. The second kappa shape index (κ2) is 9.42. The fraction of sp³-hybridized carbons (Fsp3) is 0.121. The number of nitrogens with zero attached hydrogens (tertiary/aromatic N) is 1. The van der Waals surface area contributed by atoms with Gasteiger partial charge in [0.15, 0.2) is 5.78 Å². The lowest BCUT2D eigenvalue weighted by atomic mass is 9.64. The molecule has 0 radical (unpaired) electrons. The lowest BCUT2D eigenvalue weighted by Crippen LogP contribution is -2.51. The first-order chi connectivity index (χ1) is 19.9. The number of hydrogen-bond donors (Lipinski definition) is 2. The van der Waals surface area contributed by atoms with Gasteiger partial charge in [-0.1, -0.05) is 60.2 Å². The van der Waals surface area contributed by atoms with Gasteiger partial charge in [-0.05, 0) is 71.8 Å². The van der Waals surface area contributed by atoms with Gasteiger partial charge in [-0.15, -0.1) is 0 Å². The van der Waals surface area contributed by atoms with Crippen LogP contribution in [0.1, 0.15) is 21.5 Å². The number of Topliss-reactive ketones (excluding diaryl/α,β-unsaturated/α-hetero) is 1. The van der Waals surface area contributed by atoms with E-state index in [1.54, 1.807) is 30.3 Å². The highest BCUT2D eigenvalue weighted by Gasteiger charge is 2.70. The summed E-state index contributed by atoms with van der Waals surface area (Å²) in [7, 11) is 0. The molecule has 3 aliphatic heterocycles. The standard InChI is InChI=1S/C33H23ClFN3O3/c34-21-12-16-23(17-13-21)36-31(40)29-28(30(39)20-9-14-22(35)15-10-20)33(24-6-2-3-7-25(24)37-32(33)41)27-18-11-19-5-1-4-8-26(19)38(27)29/h1-18,27-29H,(H,36,40)(H,37,41)/t27-,28+,29-,33-/m1/s1. The fourth-order valence-corrected chi connectivity index (χ4v) is 6.79. The number of carbonyl (C=O) groups excluding carboxylic acids is 3. The molecule has 0 saturated carbocycles. The Balaban J connectivity index is 1.48. The van der Waals surface area contributed by atoms with E-state index < -0.39 is 40.9 Å². The number of benzene rings is 4. The SMILES string of the molecule is O=C(c1ccc(F)cc1)[C@@H]1[C@H](C(=O)Nc2ccc(Cl)cc2)N2c3ccccc3C=C[C@@H]2[C@@]12C(=O)Nc1ccccc12. The maximum Gasteiger partial charge on any atom is 0.247 e. The summed E-state index contributed by atoms with van der Waals surface area (Å²) in [4.78, 5) is 45.1. The van der Waals surface area contributed by atoms with Gasteiger partial charge in [0.2, 0.25) is 11.8 Å². The summed E-state index contributed by atoms with van der Waals surface area (Å²) in [5.41, 5.74) is 2.13. The topological polar surface area (TPSA) is 78.5 Å². The largest absolute Gasteiger partial charge is 0.350 e. The smallest absolute Gasteiger partial charge is 0.247 e. The molecule has 0 aliphatic carbocycles. The Hall–Kier alpha value is -4.75. The summed E-state index contributed by atoms with van der Waals surface area (Å²) in [5.74, 6) is -2.87. The van der Waals surface area contributed by atoms with Crippen LogP contribution in [0.25, 0.3) is 6.08 Å². The molecule has 4 atom stereocenters. The lowest BCUT2D eigenvalue weighted by molar-refractivity contribution is -0.122. The lowest BCUT2D eigenvalue weighted by Gasteiger charge is -2.37. The second-order valence-corrected chi connectivity index (χ2v) is 10.9. The van der Waals surface area contributed by atoms with Crippen LogP contribution in [0.2, 0.25) is 5.02 Å². The summed E-state index contributed by atoms with van der Waals surface area (Å²) in [6.07, 6.45) is 3.84. The van der Waals surface area contributed by atoms with Crippen LogP contribution in [0.4, 0.5) is 21.5 Å². The number of fused-ring (bicyclic) bond motifs is 6. The fourth-order valence-electron chi connectivity index (χ4n) is 6.66. The monoisotopic (exact) mass is 563 g/mol. The molecule has 7 rings (SSSR count). The van der Waals surface area contributed by atoms with E-state index in [4.69, 9.17) is 11.6 Å². The first-order valence-corrected chi connectivity index (χ1v) is 13.6. The van der Waals surface area contributed by atoms with Crippen molar-refractivity contribution in [3.63, 3.8) is 0 Å². The molecule has 1 fully saturated rings. The van der Waals surface area contributed by atoms with Crippen LogP contribution in [-0.2, 0) is 15.0 Å². The van der Waals surface area contributed by atoms with E-state index in [2.05, 4.69) is 10.6 Å². The number of rotatable bonds is 4. The molecular formula is C33H23ClFN3O3. The quantitative estimate of drug-likeness (QED) is 0.295. The minimum absolute atomic E-state index is 0.217. The molecule has 6 nitrogen and oxygen atoms in total. The van der Waals surface area contributed by atoms with E-state index in [0.717, 1.165) is 11.3 Å². The van der Waals surface area contributed by atoms with Gasteiger partial charge in [-0.2, -0.15) is 0 Å². The molecule has 3 heterocycles. The van der Waals surface area contributed by atoms with Crippen molar-refractivity contribution in [2.75, 3.05) is 15.5 Å². The van der Waals surface area contributed by atoms with E-state index >= 15 is 0 Å². The molecule has 1 spiro atoms. The Morgan fingerprint density at radius 3 is 2.39 bits per heavy atom. The zero-order chi connectivity index (χ0) is 28.3. The van der Waals surface area contributed by atoms with E-state index in [1.807, 2.05) is 59.5 Å². The molecule has 0 aromatic heterocycles. The first-order valence-electron chi connectivity index (χ1n) is 13.2. The zero-order valence-corrected chi connectivity index (χ0v) is 22.3. The van der Waals surface area contributed by atoms with Crippen molar-refractivity contribution in [3.8, 4) is 0 Å². The van der Waals surface area contributed by atoms with E-state index in [-0.39, 0.29) is 11.5 Å². The maximum atomic E-state index is 14.6. The molecule has 4 aromatic rings. The van der Waals surface area contributed by atoms with Gasteiger partial charge < -0.3 is 15.5 Å². The van der Waals surface area contributed by atoms with Crippen LogP contribution >= 0.6 is 11.6 Å². The summed E-state index contributed by atoms with van der Waals surface area (Å²) in [5, 5.41) is 6.46. The number of halogens is 2. The number of ketones is 1. The van der Waals surface area contributed by atoms with Gasteiger partial charge >= 0.3 is 0 Å². The maximum absolute atomic E-state index is 14.6. The molecule has 8 heteroatoms. The van der Waals surface area contributed by atoms with Crippen LogP contribution in [0.15, 0.2) is 103 Å². The van der Waals surface area contributed by atoms with E-state index in [1.165, 1.54) is 24.3 Å². The normalized spacial score (nSPS) is 23.5. The van der Waals surface area contributed by atoms with Gasteiger partial charge in [-0.25, -0.2) is 4.39 Å². The Bertz CT molecular complexity index is 1750. The number of anilines is 3. The highest BCUT2D eigenvalue weighted by Crippen LogP contribution is 2.57. The minimum Gasteiger partial charge on any atom is -0.350 e. The van der Waals surface area contributed by atoms with Crippen LogP contribution in [0.3, 0.4) is 0 Å². The van der Waals surface area contributed by atoms with E-state index in [9.17, 15) is 18.8 Å². The Morgan fingerprint density at radius 1 is 0.902 bits per heavy atom.